The van der Waals surface area contributed by atoms with E-state index in [1.54, 1.807) is 0 Å². The fourth-order valence-electron chi connectivity index (χ4n) is 4.76. The molecule has 0 radical (unpaired) electrons. The van der Waals surface area contributed by atoms with Crippen LogP contribution in [-0.2, 0) is 0 Å². The Labute approximate surface area is 172 Å². The molecule has 3 aliphatic rings. The van der Waals surface area contributed by atoms with Crippen molar-refractivity contribution >= 4 is 22.6 Å². The first-order valence-electron chi connectivity index (χ1n) is 11.1. The summed E-state index contributed by atoms with van der Waals surface area (Å²) in [5.41, 5.74) is 1.66. The van der Waals surface area contributed by atoms with Gasteiger partial charge in [-0.2, -0.15) is 0 Å². The number of carbonyl (C=O) groups excluding carboxylic acids is 1. The number of fused-ring (bicyclic) bond motifs is 1. The van der Waals surface area contributed by atoms with Gasteiger partial charge in [-0.3, -0.25) is 9.69 Å². The molecule has 2 aliphatic heterocycles. The number of anilines is 1. The van der Waals surface area contributed by atoms with Crippen LogP contribution in [0.1, 0.15) is 36.0 Å². The molecule has 1 amide bonds. The van der Waals surface area contributed by atoms with E-state index in [1.165, 1.54) is 25.9 Å². The molecular weight excluding hydrogens is 362 g/mol. The molecule has 1 aliphatic carbocycles. The fourth-order valence-corrected chi connectivity index (χ4v) is 4.76. The molecular formula is C23H31N5O. The van der Waals surface area contributed by atoms with E-state index in [1.807, 2.05) is 30.3 Å². The third kappa shape index (κ3) is 4.09. The van der Waals surface area contributed by atoms with Crippen LogP contribution in [0.5, 0.6) is 0 Å². The molecule has 2 aromatic rings. The Bertz CT molecular complexity index is 888. The minimum atomic E-state index is 0.0382. The van der Waals surface area contributed by atoms with Gasteiger partial charge >= 0.3 is 0 Å². The Morgan fingerprint density at radius 2 is 1.86 bits per heavy atom. The van der Waals surface area contributed by atoms with Crippen molar-refractivity contribution < 1.29 is 4.79 Å². The molecule has 1 saturated carbocycles. The number of piperazine rings is 1. The first kappa shape index (κ1) is 18.8. The Balaban J connectivity index is 1.34. The van der Waals surface area contributed by atoms with E-state index in [0.717, 1.165) is 61.3 Å². The minimum absolute atomic E-state index is 0.0382. The summed E-state index contributed by atoms with van der Waals surface area (Å²) in [7, 11) is 2.23. The van der Waals surface area contributed by atoms with Crippen LogP contribution in [0.2, 0.25) is 0 Å². The lowest BCUT2D eigenvalue weighted by atomic mass is 10.0. The number of nitrogens with zero attached hydrogens (tertiary/aromatic N) is 4. The number of pyridine rings is 1. The van der Waals surface area contributed by atoms with Gasteiger partial charge in [-0.15, -0.1) is 0 Å². The van der Waals surface area contributed by atoms with Crippen molar-refractivity contribution in [2.45, 2.75) is 37.8 Å². The number of hydrogen-bond acceptors (Lipinski definition) is 5. The van der Waals surface area contributed by atoms with Gasteiger partial charge in [0.15, 0.2) is 0 Å². The van der Waals surface area contributed by atoms with Crippen LogP contribution in [0.25, 0.3) is 10.9 Å². The first-order chi connectivity index (χ1) is 14.2. The quantitative estimate of drug-likeness (QED) is 0.864. The lowest BCUT2D eigenvalue weighted by Crippen LogP contribution is -2.54. The summed E-state index contributed by atoms with van der Waals surface area (Å²) in [6, 6.07) is 11.0. The molecule has 29 heavy (non-hydrogen) atoms. The van der Waals surface area contributed by atoms with E-state index in [-0.39, 0.29) is 5.91 Å². The second-order valence-electron chi connectivity index (χ2n) is 8.87. The average Bonchev–Trinajstić information content (AvgIpc) is 3.57. The predicted molar refractivity (Wildman–Crippen MR) is 117 cm³/mol. The summed E-state index contributed by atoms with van der Waals surface area (Å²) in [5, 5.41) is 4.09. The van der Waals surface area contributed by atoms with Crippen LogP contribution in [-0.4, -0.2) is 79.1 Å². The summed E-state index contributed by atoms with van der Waals surface area (Å²) >= 11 is 0. The molecule has 154 valence electrons. The normalized spacial score (nSPS) is 24.0. The van der Waals surface area contributed by atoms with Crippen molar-refractivity contribution in [3.8, 4) is 0 Å². The number of para-hydroxylation sites is 1. The summed E-state index contributed by atoms with van der Waals surface area (Å²) in [4.78, 5) is 25.2. The molecule has 1 aromatic heterocycles. The molecule has 1 atom stereocenters. The summed E-state index contributed by atoms with van der Waals surface area (Å²) in [6.45, 7) is 6.47. The maximum Gasteiger partial charge on any atom is 0.252 e. The van der Waals surface area contributed by atoms with Gasteiger partial charge in [-0.25, -0.2) is 4.98 Å². The van der Waals surface area contributed by atoms with Gasteiger partial charge in [0.2, 0.25) is 0 Å². The number of rotatable bonds is 4. The molecule has 6 heteroatoms. The zero-order valence-electron chi connectivity index (χ0n) is 17.3. The van der Waals surface area contributed by atoms with Gasteiger partial charge in [0.1, 0.15) is 5.82 Å². The Morgan fingerprint density at radius 3 is 2.62 bits per heavy atom. The van der Waals surface area contributed by atoms with Crippen LogP contribution in [0.4, 0.5) is 5.82 Å². The number of likely N-dealkylation sites (tertiary alicyclic amines) is 1. The van der Waals surface area contributed by atoms with Crippen molar-refractivity contribution in [3.63, 3.8) is 0 Å². The largest absolute Gasteiger partial charge is 0.354 e. The van der Waals surface area contributed by atoms with Crippen molar-refractivity contribution in [2.24, 2.45) is 0 Å². The standard InChI is InChI=1S/C23H31N5O/c1-26-10-4-5-18(16-26)27-11-13-28(14-12-27)22-15-20(23(29)24-17-8-9-17)19-6-2-3-7-21(19)25-22/h2-3,6-7,15,17-18H,4-5,8-14,16H2,1H3,(H,24,29). The highest BCUT2D eigenvalue weighted by molar-refractivity contribution is 6.07. The Hall–Kier alpha value is -2.18. The maximum absolute atomic E-state index is 12.9. The van der Waals surface area contributed by atoms with Crippen molar-refractivity contribution in [1.29, 1.82) is 0 Å². The van der Waals surface area contributed by atoms with Crippen molar-refractivity contribution in [2.75, 3.05) is 51.2 Å². The van der Waals surface area contributed by atoms with Crippen LogP contribution in [0, 0.1) is 0 Å². The number of nitrogens with one attached hydrogen (secondary N) is 1. The smallest absolute Gasteiger partial charge is 0.252 e. The van der Waals surface area contributed by atoms with Gasteiger partial charge in [-0.1, -0.05) is 18.2 Å². The summed E-state index contributed by atoms with van der Waals surface area (Å²) in [5.74, 6) is 0.973. The van der Waals surface area contributed by atoms with Crippen molar-refractivity contribution in [1.82, 2.24) is 20.1 Å². The zero-order chi connectivity index (χ0) is 19.8. The molecule has 3 heterocycles. The van der Waals surface area contributed by atoms with Gasteiger partial charge in [0.05, 0.1) is 11.1 Å². The van der Waals surface area contributed by atoms with E-state index in [4.69, 9.17) is 4.98 Å². The van der Waals surface area contributed by atoms with Crippen LogP contribution in [0.3, 0.4) is 0 Å². The lowest BCUT2D eigenvalue weighted by Gasteiger charge is -2.43. The molecule has 6 nitrogen and oxygen atoms in total. The number of piperidine rings is 1. The number of carbonyl (C=O) groups is 1. The number of aromatic nitrogens is 1. The van der Waals surface area contributed by atoms with Crippen molar-refractivity contribution in [3.05, 3.63) is 35.9 Å². The Morgan fingerprint density at radius 1 is 1.07 bits per heavy atom. The monoisotopic (exact) mass is 393 g/mol. The molecule has 0 bridgehead atoms. The highest BCUT2D eigenvalue weighted by atomic mass is 16.1. The summed E-state index contributed by atoms with van der Waals surface area (Å²) < 4.78 is 0. The lowest BCUT2D eigenvalue weighted by molar-refractivity contribution is 0.0952. The third-order valence-electron chi connectivity index (χ3n) is 6.61. The van der Waals surface area contributed by atoms with Gasteiger partial charge in [0, 0.05) is 50.2 Å². The van der Waals surface area contributed by atoms with E-state index < -0.39 is 0 Å². The molecule has 5 rings (SSSR count). The topological polar surface area (TPSA) is 51.7 Å². The van der Waals surface area contributed by atoms with E-state index in [2.05, 4.69) is 27.1 Å². The first-order valence-corrected chi connectivity index (χ1v) is 11.1. The van der Waals surface area contributed by atoms with Gasteiger partial charge in [-0.05, 0) is 51.4 Å². The molecule has 1 unspecified atom stereocenters. The van der Waals surface area contributed by atoms with E-state index >= 15 is 0 Å². The van der Waals surface area contributed by atoms with Crippen LogP contribution in [0.15, 0.2) is 30.3 Å². The molecule has 0 spiro atoms. The highest BCUT2D eigenvalue weighted by Crippen LogP contribution is 2.26. The highest BCUT2D eigenvalue weighted by Gasteiger charge is 2.29. The number of benzene rings is 1. The molecule has 1 aromatic carbocycles. The Kier molecular flexibility index (Phi) is 5.14. The van der Waals surface area contributed by atoms with E-state index in [9.17, 15) is 4.79 Å². The predicted octanol–water partition coefficient (Wildman–Crippen LogP) is 2.34. The maximum atomic E-state index is 12.9. The molecule has 2 saturated heterocycles. The minimum Gasteiger partial charge on any atom is -0.354 e. The second-order valence-corrected chi connectivity index (χ2v) is 8.87. The third-order valence-corrected chi connectivity index (χ3v) is 6.61. The number of hydrogen-bond donors (Lipinski definition) is 1. The number of likely N-dealkylation sites (N-methyl/N-ethyl adjacent to an activating group) is 1. The summed E-state index contributed by atoms with van der Waals surface area (Å²) in [6.07, 6.45) is 4.80. The number of amides is 1. The van der Waals surface area contributed by atoms with Crippen LogP contribution < -0.4 is 10.2 Å². The molecule has 3 fully saturated rings. The van der Waals surface area contributed by atoms with E-state index in [0.29, 0.717) is 12.1 Å². The zero-order valence-corrected chi connectivity index (χ0v) is 17.3. The average molecular weight is 394 g/mol. The SMILES string of the molecule is CN1CCCC(N2CCN(c3cc(C(=O)NC4CC4)c4ccccc4n3)CC2)C1. The van der Waals surface area contributed by atoms with Gasteiger partial charge < -0.3 is 15.1 Å². The molecule has 1 N–H and O–H groups in total. The fraction of sp³-hybridized carbons (Fsp3) is 0.565. The second kappa shape index (κ2) is 7.92. The van der Waals surface area contributed by atoms with Gasteiger partial charge in [0.25, 0.3) is 5.91 Å². The van der Waals surface area contributed by atoms with Crippen LogP contribution >= 0.6 is 0 Å².